The highest BCUT2D eigenvalue weighted by Crippen LogP contribution is 2.39. The van der Waals surface area contributed by atoms with Crippen LogP contribution in [0.15, 0.2) is 63.5 Å². The number of aromatic nitrogens is 1. The third-order valence-electron chi connectivity index (χ3n) is 6.96. The van der Waals surface area contributed by atoms with Crippen LogP contribution in [0.1, 0.15) is 57.7 Å². The van der Waals surface area contributed by atoms with Gasteiger partial charge in [-0.3, -0.25) is 14.2 Å². The SMILES string of the molecule is CCCC1=C(C(=O)OCC)[C@H](c2cc(Cl)ccc2OC)n2c(s/c(=C3\C(=O)N(C(C)C)c4ccccc43)c2=O)=N1. The van der Waals surface area contributed by atoms with Gasteiger partial charge < -0.3 is 14.4 Å². The number of anilines is 1. The fourth-order valence-corrected chi connectivity index (χ4v) is 6.65. The standard InChI is InChI=1S/C30H30ClN3O5S/c1-6-10-20-24(29(37)39-7-2)25(19-15-17(31)13-14-22(19)38-5)34-28(36)26(40-30(34)32-20)23-18-11-8-9-12-21(18)33(16(3)4)27(23)35/h8-9,11-16,25H,6-7,10H2,1-5H3/b26-23-/t25-/m0/s1. The van der Waals surface area contributed by atoms with Gasteiger partial charge in [0, 0.05) is 22.2 Å². The van der Waals surface area contributed by atoms with Crippen molar-refractivity contribution >= 4 is 46.1 Å². The molecule has 0 unspecified atom stereocenters. The van der Waals surface area contributed by atoms with E-state index in [1.165, 1.54) is 11.7 Å². The maximum Gasteiger partial charge on any atom is 0.338 e. The molecular weight excluding hydrogens is 550 g/mol. The molecule has 40 heavy (non-hydrogen) atoms. The number of esters is 1. The summed E-state index contributed by atoms with van der Waals surface area (Å²) in [6, 6.07) is 11.5. The van der Waals surface area contributed by atoms with Crippen molar-refractivity contribution in [2.75, 3.05) is 18.6 Å². The van der Waals surface area contributed by atoms with Gasteiger partial charge >= 0.3 is 5.97 Å². The van der Waals surface area contributed by atoms with Crippen LogP contribution in [0.25, 0.3) is 5.57 Å². The van der Waals surface area contributed by atoms with Gasteiger partial charge in [-0.05, 0) is 51.5 Å². The number of carbonyl (C=O) groups is 2. The summed E-state index contributed by atoms with van der Waals surface area (Å²) >= 11 is 7.58. The van der Waals surface area contributed by atoms with Crippen molar-refractivity contribution in [3.05, 3.63) is 89.6 Å². The van der Waals surface area contributed by atoms with E-state index in [-0.39, 0.29) is 28.7 Å². The molecule has 3 heterocycles. The minimum atomic E-state index is -0.909. The van der Waals surface area contributed by atoms with Crippen LogP contribution in [-0.2, 0) is 14.3 Å². The summed E-state index contributed by atoms with van der Waals surface area (Å²) in [4.78, 5) is 48.5. The van der Waals surface area contributed by atoms with Gasteiger partial charge in [-0.15, -0.1) is 0 Å². The number of hydrogen-bond donors (Lipinski definition) is 0. The van der Waals surface area contributed by atoms with Gasteiger partial charge in [-0.1, -0.05) is 54.5 Å². The Morgan fingerprint density at radius 1 is 1.15 bits per heavy atom. The summed E-state index contributed by atoms with van der Waals surface area (Å²) in [7, 11) is 1.52. The van der Waals surface area contributed by atoms with E-state index in [2.05, 4.69) is 0 Å². The molecule has 0 aliphatic carbocycles. The van der Waals surface area contributed by atoms with Gasteiger partial charge in [-0.25, -0.2) is 9.79 Å². The molecule has 2 aromatic carbocycles. The number of thiazole rings is 1. The molecule has 2 aliphatic rings. The number of allylic oxidation sites excluding steroid dienone is 1. The lowest BCUT2D eigenvalue weighted by atomic mass is 9.93. The van der Waals surface area contributed by atoms with Crippen LogP contribution in [0.5, 0.6) is 5.75 Å². The first-order valence-electron chi connectivity index (χ1n) is 13.2. The molecule has 10 heteroatoms. The highest BCUT2D eigenvalue weighted by molar-refractivity contribution is 7.07. The van der Waals surface area contributed by atoms with Crippen molar-refractivity contribution in [1.29, 1.82) is 0 Å². The van der Waals surface area contributed by atoms with Gasteiger partial charge in [0.25, 0.3) is 11.5 Å². The van der Waals surface area contributed by atoms with Crippen molar-refractivity contribution < 1.29 is 19.1 Å². The Hall–Kier alpha value is -3.69. The summed E-state index contributed by atoms with van der Waals surface area (Å²) in [5.74, 6) is -0.342. The second-order valence-corrected chi connectivity index (χ2v) is 11.2. The lowest BCUT2D eigenvalue weighted by Crippen LogP contribution is -2.41. The number of ether oxygens (including phenoxy) is 2. The summed E-state index contributed by atoms with van der Waals surface area (Å²) in [6.07, 6.45) is 1.21. The van der Waals surface area contributed by atoms with Crippen molar-refractivity contribution in [2.24, 2.45) is 4.99 Å². The van der Waals surface area contributed by atoms with Gasteiger partial charge in [0.2, 0.25) is 0 Å². The van der Waals surface area contributed by atoms with E-state index in [1.54, 1.807) is 30.0 Å². The zero-order valence-electron chi connectivity index (χ0n) is 23.0. The first kappa shape index (κ1) is 27.9. The third-order valence-corrected chi connectivity index (χ3v) is 8.25. The largest absolute Gasteiger partial charge is 0.496 e. The smallest absolute Gasteiger partial charge is 0.338 e. The fourth-order valence-electron chi connectivity index (χ4n) is 5.36. The van der Waals surface area contributed by atoms with Crippen LogP contribution in [0.3, 0.4) is 0 Å². The molecule has 0 saturated heterocycles. The molecule has 0 spiro atoms. The number of rotatable bonds is 7. The Morgan fingerprint density at radius 3 is 2.58 bits per heavy atom. The maximum absolute atomic E-state index is 14.4. The zero-order valence-corrected chi connectivity index (χ0v) is 24.6. The van der Waals surface area contributed by atoms with Crippen molar-refractivity contribution in [1.82, 2.24) is 4.57 Å². The molecule has 0 N–H and O–H groups in total. The van der Waals surface area contributed by atoms with E-state index in [0.29, 0.717) is 44.4 Å². The third kappa shape index (κ3) is 4.47. The quantitative estimate of drug-likeness (QED) is 0.388. The topological polar surface area (TPSA) is 90.2 Å². The zero-order chi connectivity index (χ0) is 28.7. The number of hydrogen-bond acceptors (Lipinski definition) is 7. The lowest BCUT2D eigenvalue weighted by molar-refractivity contribution is -0.139. The number of halogens is 1. The fraction of sp³-hybridized carbons (Fsp3) is 0.333. The molecule has 0 bridgehead atoms. The molecular formula is C30H30ClN3O5S. The predicted molar refractivity (Wildman–Crippen MR) is 156 cm³/mol. The number of methoxy groups -OCH3 is 1. The van der Waals surface area contributed by atoms with Crippen molar-refractivity contribution in [3.63, 3.8) is 0 Å². The van der Waals surface area contributed by atoms with Crippen LogP contribution in [-0.4, -0.2) is 36.2 Å². The Labute approximate surface area is 240 Å². The highest BCUT2D eigenvalue weighted by atomic mass is 35.5. The molecule has 8 nitrogen and oxygen atoms in total. The highest BCUT2D eigenvalue weighted by Gasteiger charge is 2.39. The Morgan fingerprint density at radius 2 is 1.90 bits per heavy atom. The van der Waals surface area contributed by atoms with Gasteiger partial charge in [0.1, 0.15) is 16.3 Å². The van der Waals surface area contributed by atoms with E-state index in [1.807, 2.05) is 45.0 Å². The lowest BCUT2D eigenvalue weighted by Gasteiger charge is -2.27. The summed E-state index contributed by atoms with van der Waals surface area (Å²) in [6.45, 7) is 7.76. The van der Waals surface area contributed by atoms with Crippen molar-refractivity contribution in [3.8, 4) is 5.75 Å². The van der Waals surface area contributed by atoms with E-state index < -0.39 is 17.6 Å². The molecule has 3 aromatic rings. The maximum atomic E-state index is 14.4. The van der Waals surface area contributed by atoms with Gasteiger partial charge in [0.15, 0.2) is 4.80 Å². The molecule has 0 fully saturated rings. The first-order chi connectivity index (χ1) is 19.2. The monoisotopic (exact) mass is 579 g/mol. The molecule has 0 radical (unpaired) electrons. The number of nitrogens with zero attached hydrogens (tertiary/aromatic N) is 3. The normalized spacial score (nSPS) is 17.6. The van der Waals surface area contributed by atoms with Crippen LogP contribution in [0.2, 0.25) is 5.02 Å². The Balaban J connectivity index is 1.89. The average Bonchev–Trinajstić information content (AvgIpc) is 3.40. The average molecular weight is 580 g/mol. The number of amides is 1. The minimum Gasteiger partial charge on any atom is -0.496 e. The summed E-state index contributed by atoms with van der Waals surface area (Å²) < 4.78 is 12.9. The van der Waals surface area contributed by atoms with E-state index in [9.17, 15) is 14.4 Å². The van der Waals surface area contributed by atoms with Crippen LogP contribution >= 0.6 is 22.9 Å². The Bertz CT molecular complexity index is 1740. The van der Waals surface area contributed by atoms with E-state index in [4.69, 9.17) is 26.1 Å². The molecule has 5 rings (SSSR count). The minimum absolute atomic E-state index is 0.107. The van der Waals surface area contributed by atoms with Crippen LogP contribution in [0.4, 0.5) is 5.69 Å². The second kappa shape index (κ2) is 11.1. The summed E-state index contributed by atoms with van der Waals surface area (Å²) in [5, 5.41) is 0.422. The van der Waals surface area contributed by atoms with Gasteiger partial charge in [0.05, 0.1) is 36.2 Å². The molecule has 208 valence electrons. The van der Waals surface area contributed by atoms with Crippen LogP contribution in [0, 0.1) is 0 Å². The van der Waals surface area contributed by atoms with E-state index in [0.717, 1.165) is 23.4 Å². The number of fused-ring (bicyclic) bond motifs is 2. The number of benzene rings is 2. The molecule has 1 aromatic heterocycles. The Kier molecular flexibility index (Phi) is 7.70. The molecule has 2 aliphatic heterocycles. The van der Waals surface area contributed by atoms with Crippen molar-refractivity contribution in [2.45, 2.75) is 52.6 Å². The summed E-state index contributed by atoms with van der Waals surface area (Å²) in [5.41, 5.74) is 2.70. The second-order valence-electron chi connectivity index (χ2n) is 9.78. The number of para-hydroxylation sites is 1. The predicted octanol–water partition coefficient (Wildman–Crippen LogP) is 4.37. The molecule has 0 saturated carbocycles. The van der Waals surface area contributed by atoms with Gasteiger partial charge in [-0.2, -0.15) is 0 Å². The molecule has 1 atom stereocenters. The number of carbonyl (C=O) groups excluding carboxylic acids is 2. The first-order valence-corrected chi connectivity index (χ1v) is 14.4. The van der Waals surface area contributed by atoms with Crippen LogP contribution < -0.4 is 24.5 Å². The van der Waals surface area contributed by atoms with E-state index >= 15 is 0 Å². The molecule has 1 amide bonds.